The summed E-state index contributed by atoms with van der Waals surface area (Å²) in [5.74, 6) is 1.31. The van der Waals surface area contributed by atoms with Gasteiger partial charge in [0.15, 0.2) is 0 Å². The second-order valence-corrected chi connectivity index (χ2v) is 7.92. The first-order valence-electron chi connectivity index (χ1n) is 8.48. The van der Waals surface area contributed by atoms with E-state index < -0.39 is 6.10 Å². The zero-order valence-corrected chi connectivity index (χ0v) is 14.5. The molecule has 23 heavy (non-hydrogen) atoms. The lowest BCUT2D eigenvalue weighted by atomic mass is 9.64. The fourth-order valence-corrected chi connectivity index (χ4v) is 4.14. The zero-order chi connectivity index (χ0) is 16.9. The Kier molecular flexibility index (Phi) is 6.26. The fourth-order valence-electron chi connectivity index (χ4n) is 4.14. The predicted octanol–water partition coefficient (Wildman–Crippen LogP) is 2.32. The highest BCUT2D eigenvalue weighted by Crippen LogP contribution is 2.43. The largest absolute Gasteiger partial charge is 0.467 e. The van der Waals surface area contributed by atoms with E-state index in [1.165, 1.54) is 6.42 Å². The number of β-amino-alcohol motifs (C(OH)–C–C–N with tert-alkyl or cyclic N) is 1. The van der Waals surface area contributed by atoms with Gasteiger partial charge in [-0.1, -0.05) is 20.8 Å². The highest BCUT2D eigenvalue weighted by Gasteiger charge is 2.42. The molecule has 3 unspecified atom stereocenters. The lowest BCUT2D eigenvalue weighted by Gasteiger charge is -2.47. The van der Waals surface area contributed by atoms with Crippen LogP contribution in [0.3, 0.4) is 0 Å². The Morgan fingerprint density at radius 2 is 2.22 bits per heavy atom. The van der Waals surface area contributed by atoms with Crippen molar-refractivity contribution in [1.29, 1.82) is 0 Å². The van der Waals surface area contributed by atoms with Gasteiger partial charge in [-0.15, -0.1) is 0 Å². The van der Waals surface area contributed by atoms with Crippen LogP contribution in [0.1, 0.15) is 45.8 Å². The van der Waals surface area contributed by atoms with Crippen LogP contribution < -0.4 is 5.32 Å². The standard InChI is InChI=1S/C18H31NO4/c1-14-7-17(2,3)12-18(8-14,13-20)19-9-15(21)10-22-11-16-5-4-6-23-16/h4-6,14-15,19-21H,7-13H2,1-3H3. The van der Waals surface area contributed by atoms with Gasteiger partial charge in [-0.25, -0.2) is 0 Å². The highest BCUT2D eigenvalue weighted by atomic mass is 16.5. The molecule has 0 spiro atoms. The molecule has 0 bridgehead atoms. The number of furan rings is 1. The summed E-state index contributed by atoms with van der Waals surface area (Å²) >= 11 is 0. The number of aliphatic hydroxyl groups excluding tert-OH is 2. The summed E-state index contributed by atoms with van der Waals surface area (Å²) < 4.78 is 10.6. The topological polar surface area (TPSA) is 74.9 Å². The van der Waals surface area contributed by atoms with Gasteiger partial charge in [0.05, 0.1) is 25.6 Å². The second-order valence-electron chi connectivity index (χ2n) is 7.92. The molecule has 0 aromatic carbocycles. The van der Waals surface area contributed by atoms with Crippen molar-refractivity contribution in [2.45, 2.75) is 58.3 Å². The zero-order valence-electron chi connectivity index (χ0n) is 14.5. The third kappa shape index (κ3) is 5.60. The number of rotatable bonds is 8. The molecule has 1 aromatic rings. The summed E-state index contributed by atoms with van der Waals surface area (Å²) in [6.45, 7) is 7.85. The van der Waals surface area contributed by atoms with Crippen LogP contribution in [-0.2, 0) is 11.3 Å². The van der Waals surface area contributed by atoms with Crippen molar-refractivity contribution in [3.8, 4) is 0 Å². The number of hydrogen-bond donors (Lipinski definition) is 3. The summed E-state index contributed by atoms with van der Waals surface area (Å²) in [4.78, 5) is 0. The lowest BCUT2D eigenvalue weighted by molar-refractivity contribution is -0.000743. The lowest BCUT2D eigenvalue weighted by Crippen LogP contribution is -2.57. The van der Waals surface area contributed by atoms with E-state index in [-0.39, 0.29) is 24.2 Å². The molecule has 0 radical (unpaired) electrons. The average molecular weight is 325 g/mol. The second kappa shape index (κ2) is 7.79. The molecular weight excluding hydrogens is 294 g/mol. The van der Waals surface area contributed by atoms with Gasteiger partial charge in [-0.2, -0.15) is 0 Å². The van der Waals surface area contributed by atoms with Crippen molar-refractivity contribution in [1.82, 2.24) is 5.32 Å². The highest BCUT2D eigenvalue weighted by molar-refractivity contribution is 4.99. The van der Waals surface area contributed by atoms with Crippen LogP contribution >= 0.6 is 0 Å². The fraction of sp³-hybridized carbons (Fsp3) is 0.778. The van der Waals surface area contributed by atoms with E-state index in [1.54, 1.807) is 6.26 Å². The molecule has 3 N–H and O–H groups in total. The molecule has 1 saturated carbocycles. The van der Waals surface area contributed by atoms with Crippen molar-refractivity contribution in [2.75, 3.05) is 19.8 Å². The van der Waals surface area contributed by atoms with Gasteiger partial charge >= 0.3 is 0 Å². The van der Waals surface area contributed by atoms with E-state index >= 15 is 0 Å². The monoisotopic (exact) mass is 325 g/mol. The minimum atomic E-state index is -0.603. The number of hydrogen-bond acceptors (Lipinski definition) is 5. The molecular formula is C18H31NO4. The normalized spacial score (nSPS) is 28.7. The van der Waals surface area contributed by atoms with Crippen molar-refractivity contribution in [3.05, 3.63) is 24.2 Å². The molecule has 0 amide bonds. The average Bonchev–Trinajstić information content (AvgIpc) is 2.96. The molecule has 5 heteroatoms. The van der Waals surface area contributed by atoms with Crippen LogP contribution in [0.15, 0.2) is 22.8 Å². The number of ether oxygens (including phenoxy) is 1. The quantitative estimate of drug-likeness (QED) is 0.684. The Labute approximate surface area is 139 Å². The van der Waals surface area contributed by atoms with Crippen molar-refractivity contribution in [3.63, 3.8) is 0 Å². The van der Waals surface area contributed by atoms with E-state index in [0.29, 0.717) is 19.1 Å². The van der Waals surface area contributed by atoms with Gasteiger partial charge in [0.1, 0.15) is 12.4 Å². The van der Waals surface area contributed by atoms with E-state index in [2.05, 4.69) is 26.1 Å². The number of nitrogens with one attached hydrogen (secondary N) is 1. The van der Waals surface area contributed by atoms with Gasteiger partial charge < -0.3 is 24.7 Å². The van der Waals surface area contributed by atoms with Crippen molar-refractivity contribution >= 4 is 0 Å². The minimum Gasteiger partial charge on any atom is -0.467 e. The first kappa shape index (κ1) is 18.5. The maximum Gasteiger partial charge on any atom is 0.129 e. The van der Waals surface area contributed by atoms with Gasteiger partial charge in [-0.05, 0) is 42.7 Å². The maximum atomic E-state index is 10.1. The molecule has 5 nitrogen and oxygen atoms in total. The van der Waals surface area contributed by atoms with Crippen LogP contribution in [0, 0.1) is 11.3 Å². The van der Waals surface area contributed by atoms with Gasteiger partial charge in [0.2, 0.25) is 0 Å². The molecule has 1 aliphatic carbocycles. The number of aliphatic hydroxyl groups is 2. The Morgan fingerprint density at radius 1 is 1.43 bits per heavy atom. The third-order valence-electron chi connectivity index (χ3n) is 4.61. The van der Waals surface area contributed by atoms with Crippen molar-refractivity contribution < 1.29 is 19.4 Å². The van der Waals surface area contributed by atoms with E-state index in [1.807, 2.05) is 12.1 Å². The predicted molar refractivity (Wildman–Crippen MR) is 89.0 cm³/mol. The molecule has 1 fully saturated rings. The maximum absolute atomic E-state index is 10.1. The molecule has 1 aromatic heterocycles. The summed E-state index contributed by atoms with van der Waals surface area (Å²) in [5.41, 5.74) is -0.0999. The van der Waals surface area contributed by atoms with Gasteiger partial charge in [-0.3, -0.25) is 0 Å². The van der Waals surface area contributed by atoms with Crippen LogP contribution in [0.4, 0.5) is 0 Å². The third-order valence-corrected chi connectivity index (χ3v) is 4.61. The summed E-state index contributed by atoms with van der Waals surface area (Å²) in [6.07, 6.45) is 4.03. The van der Waals surface area contributed by atoms with Crippen LogP contribution in [0.5, 0.6) is 0 Å². The molecule has 2 rings (SSSR count). The molecule has 1 heterocycles. The van der Waals surface area contributed by atoms with Crippen LogP contribution in [0.25, 0.3) is 0 Å². The molecule has 1 aliphatic rings. The summed E-state index contributed by atoms with van der Waals surface area (Å²) in [7, 11) is 0. The SMILES string of the molecule is CC1CC(C)(C)CC(CO)(NCC(O)COCc2ccco2)C1. The smallest absolute Gasteiger partial charge is 0.129 e. The minimum absolute atomic E-state index is 0.0980. The van der Waals surface area contributed by atoms with Crippen LogP contribution in [-0.4, -0.2) is 41.6 Å². The summed E-state index contributed by atoms with van der Waals surface area (Å²) in [6, 6.07) is 3.66. The van der Waals surface area contributed by atoms with Crippen molar-refractivity contribution in [2.24, 2.45) is 11.3 Å². The van der Waals surface area contributed by atoms with E-state index in [4.69, 9.17) is 9.15 Å². The van der Waals surface area contributed by atoms with E-state index in [0.717, 1.165) is 18.6 Å². The van der Waals surface area contributed by atoms with Crippen LogP contribution in [0.2, 0.25) is 0 Å². The Hall–Kier alpha value is -0.880. The molecule has 132 valence electrons. The van der Waals surface area contributed by atoms with E-state index in [9.17, 15) is 10.2 Å². The Morgan fingerprint density at radius 3 is 2.83 bits per heavy atom. The van der Waals surface area contributed by atoms with Gasteiger partial charge in [0, 0.05) is 12.1 Å². The first-order valence-corrected chi connectivity index (χ1v) is 8.48. The molecule has 0 saturated heterocycles. The Bertz CT molecular complexity index is 460. The first-order chi connectivity index (χ1) is 10.8. The Balaban J connectivity index is 1.77. The van der Waals surface area contributed by atoms with Gasteiger partial charge in [0.25, 0.3) is 0 Å². The molecule has 0 aliphatic heterocycles. The molecule has 3 atom stereocenters. The summed E-state index contributed by atoms with van der Waals surface area (Å²) in [5, 5.41) is 23.4.